The van der Waals surface area contributed by atoms with Gasteiger partial charge in [0.05, 0.1) is 24.3 Å². The molecule has 0 spiro atoms. The Balaban J connectivity index is 2.03. The van der Waals surface area contributed by atoms with Crippen LogP contribution < -0.4 is 0 Å². The fourth-order valence-electron chi connectivity index (χ4n) is 2.07. The topological polar surface area (TPSA) is 89.5 Å². The molecule has 1 aromatic heterocycles. The minimum absolute atomic E-state index is 0.0896. The van der Waals surface area contributed by atoms with Crippen molar-refractivity contribution in [3.63, 3.8) is 0 Å². The molecule has 0 bridgehead atoms. The van der Waals surface area contributed by atoms with Gasteiger partial charge in [-0.05, 0) is 13.8 Å². The Bertz CT molecular complexity index is 400. The molecule has 1 fully saturated rings. The second-order valence-electron chi connectivity index (χ2n) is 4.52. The van der Waals surface area contributed by atoms with E-state index in [1.165, 1.54) is 4.90 Å². The van der Waals surface area contributed by atoms with Crippen LogP contribution in [0.3, 0.4) is 0 Å². The van der Waals surface area contributed by atoms with Gasteiger partial charge < -0.3 is 15.1 Å². The Hall–Kier alpha value is -1.40. The summed E-state index contributed by atoms with van der Waals surface area (Å²) in [7, 11) is 0. The standard InChI is InChI=1S/C11H17N3O3/c1-6-8(7(2)13-12-6)3-11(17)14-4-9(15)10(16)5-14/h9-10,15-16H,3-5H2,1-2H3,(H,12,13)/t9-,10+. The third kappa shape index (κ3) is 2.32. The van der Waals surface area contributed by atoms with Crippen LogP contribution in [0, 0.1) is 13.8 Å². The number of carbonyl (C=O) groups excluding carboxylic acids is 1. The third-order valence-electron chi connectivity index (χ3n) is 3.22. The lowest BCUT2D eigenvalue weighted by molar-refractivity contribution is -0.130. The summed E-state index contributed by atoms with van der Waals surface area (Å²) in [6, 6.07) is 0. The number of β-amino-alcohol motifs (C(OH)–C–C–N with tert-alkyl or cyclic N) is 2. The number of likely N-dealkylation sites (tertiary alicyclic amines) is 1. The number of H-pyrrole nitrogens is 1. The van der Waals surface area contributed by atoms with E-state index >= 15 is 0 Å². The van der Waals surface area contributed by atoms with Gasteiger partial charge in [-0.3, -0.25) is 9.89 Å². The molecule has 0 radical (unpaired) electrons. The molecule has 3 N–H and O–H groups in total. The smallest absolute Gasteiger partial charge is 0.227 e. The van der Waals surface area contributed by atoms with Crippen molar-refractivity contribution in [1.82, 2.24) is 15.1 Å². The molecule has 0 aromatic carbocycles. The van der Waals surface area contributed by atoms with Crippen LogP contribution >= 0.6 is 0 Å². The zero-order valence-electron chi connectivity index (χ0n) is 9.97. The number of carbonyl (C=O) groups is 1. The van der Waals surface area contributed by atoms with Crippen LogP contribution in [0.1, 0.15) is 17.0 Å². The molecule has 0 aliphatic carbocycles. The number of hydrogen-bond acceptors (Lipinski definition) is 4. The van der Waals surface area contributed by atoms with Gasteiger partial charge >= 0.3 is 0 Å². The summed E-state index contributed by atoms with van der Waals surface area (Å²) in [6.45, 7) is 4.13. The lowest BCUT2D eigenvalue weighted by Crippen LogP contribution is -2.31. The Morgan fingerprint density at radius 1 is 1.41 bits per heavy atom. The van der Waals surface area contributed by atoms with E-state index in [0.29, 0.717) is 0 Å². The predicted octanol–water partition coefficient (Wildman–Crippen LogP) is -0.867. The summed E-state index contributed by atoms with van der Waals surface area (Å²) < 4.78 is 0. The zero-order chi connectivity index (χ0) is 12.6. The van der Waals surface area contributed by atoms with Crippen LogP contribution in [-0.2, 0) is 11.2 Å². The maximum Gasteiger partial charge on any atom is 0.227 e. The van der Waals surface area contributed by atoms with Crippen molar-refractivity contribution < 1.29 is 15.0 Å². The van der Waals surface area contributed by atoms with Gasteiger partial charge in [0, 0.05) is 24.3 Å². The highest BCUT2D eigenvalue weighted by atomic mass is 16.3. The van der Waals surface area contributed by atoms with E-state index < -0.39 is 12.2 Å². The average molecular weight is 239 g/mol. The summed E-state index contributed by atoms with van der Waals surface area (Å²) >= 11 is 0. The van der Waals surface area contributed by atoms with Crippen molar-refractivity contribution in [3.8, 4) is 0 Å². The van der Waals surface area contributed by atoms with Crippen molar-refractivity contribution in [1.29, 1.82) is 0 Å². The highest BCUT2D eigenvalue weighted by molar-refractivity contribution is 5.79. The molecule has 2 atom stereocenters. The number of nitrogens with one attached hydrogen (secondary N) is 1. The van der Waals surface area contributed by atoms with Crippen LogP contribution in [0.25, 0.3) is 0 Å². The molecule has 94 valence electrons. The van der Waals surface area contributed by atoms with E-state index in [1.807, 2.05) is 13.8 Å². The number of amides is 1. The van der Waals surface area contributed by atoms with Crippen LogP contribution in [0.2, 0.25) is 0 Å². The molecular formula is C11H17N3O3. The molecule has 6 nitrogen and oxygen atoms in total. The number of aromatic amines is 1. The number of nitrogens with zero attached hydrogens (tertiary/aromatic N) is 2. The zero-order valence-corrected chi connectivity index (χ0v) is 9.97. The number of aliphatic hydroxyl groups excluding tert-OH is 2. The third-order valence-corrected chi connectivity index (χ3v) is 3.22. The van der Waals surface area contributed by atoms with Crippen molar-refractivity contribution in [3.05, 3.63) is 17.0 Å². The molecule has 1 amide bonds. The normalized spacial score (nSPS) is 24.4. The Morgan fingerprint density at radius 3 is 2.47 bits per heavy atom. The minimum Gasteiger partial charge on any atom is -0.388 e. The molecule has 1 aromatic rings. The maximum absolute atomic E-state index is 12.0. The average Bonchev–Trinajstić information content (AvgIpc) is 2.76. The summed E-state index contributed by atoms with van der Waals surface area (Å²) in [5.41, 5.74) is 2.60. The molecule has 0 saturated carbocycles. The van der Waals surface area contributed by atoms with Crippen LogP contribution in [0.15, 0.2) is 0 Å². The second kappa shape index (κ2) is 4.46. The molecule has 2 heterocycles. The molecule has 1 aliphatic heterocycles. The fourth-order valence-corrected chi connectivity index (χ4v) is 2.07. The van der Waals surface area contributed by atoms with Crippen LogP contribution in [-0.4, -0.2) is 56.5 Å². The molecule has 17 heavy (non-hydrogen) atoms. The molecule has 1 aliphatic rings. The van der Waals surface area contributed by atoms with Crippen molar-refractivity contribution in [2.75, 3.05) is 13.1 Å². The number of aryl methyl sites for hydroxylation is 2. The van der Waals surface area contributed by atoms with Crippen LogP contribution in [0.4, 0.5) is 0 Å². The monoisotopic (exact) mass is 239 g/mol. The molecule has 2 rings (SSSR count). The van der Waals surface area contributed by atoms with E-state index in [4.69, 9.17) is 0 Å². The predicted molar refractivity (Wildman–Crippen MR) is 60.4 cm³/mol. The van der Waals surface area contributed by atoms with E-state index in [2.05, 4.69) is 10.2 Å². The van der Waals surface area contributed by atoms with Gasteiger partial charge in [0.1, 0.15) is 0 Å². The Morgan fingerprint density at radius 2 is 2.00 bits per heavy atom. The molecular weight excluding hydrogens is 222 g/mol. The lowest BCUT2D eigenvalue weighted by Gasteiger charge is -2.15. The van der Waals surface area contributed by atoms with Gasteiger partial charge in [0.15, 0.2) is 0 Å². The van der Waals surface area contributed by atoms with E-state index in [0.717, 1.165) is 17.0 Å². The Kier molecular flexibility index (Phi) is 3.17. The number of hydrogen-bond donors (Lipinski definition) is 3. The van der Waals surface area contributed by atoms with Gasteiger partial charge in [-0.2, -0.15) is 5.10 Å². The van der Waals surface area contributed by atoms with Crippen molar-refractivity contribution in [2.45, 2.75) is 32.5 Å². The number of rotatable bonds is 2. The first-order chi connectivity index (χ1) is 7.99. The largest absolute Gasteiger partial charge is 0.388 e. The quantitative estimate of drug-likeness (QED) is 0.626. The highest BCUT2D eigenvalue weighted by Crippen LogP contribution is 2.15. The number of aliphatic hydroxyl groups is 2. The van der Waals surface area contributed by atoms with E-state index in [1.54, 1.807) is 0 Å². The first kappa shape index (κ1) is 12.1. The summed E-state index contributed by atoms with van der Waals surface area (Å²) in [4.78, 5) is 13.5. The Labute approximate surface area is 99.3 Å². The minimum atomic E-state index is -0.828. The molecule has 1 saturated heterocycles. The highest BCUT2D eigenvalue weighted by Gasteiger charge is 2.32. The maximum atomic E-state index is 12.0. The van der Waals surface area contributed by atoms with Crippen LogP contribution in [0.5, 0.6) is 0 Å². The van der Waals surface area contributed by atoms with Crippen molar-refractivity contribution >= 4 is 5.91 Å². The first-order valence-electron chi connectivity index (χ1n) is 5.63. The second-order valence-corrected chi connectivity index (χ2v) is 4.52. The van der Waals surface area contributed by atoms with Crippen molar-refractivity contribution in [2.24, 2.45) is 0 Å². The van der Waals surface area contributed by atoms with Gasteiger partial charge in [0.2, 0.25) is 5.91 Å². The van der Waals surface area contributed by atoms with E-state index in [9.17, 15) is 15.0 Å². The molecule has 6 heteroatoms. The number of aromatic nitrogens is 2. The SMILES string of the molecule is Cc1n[nH]c(C)c1CC(=O)N1C[C@@H](O)[C@@H](O)C1. The van der Waals surface area contributed by atoms with Gasteiger partial charge in [-0.1, -0.05) is 0 Å². The van der Waals surface area contributed by atoms with Gasteiger partial charge in [-0.15, -0.1) is 0 Å². The fraction of sp³-hybridized carbons (Fsp3) is 0.636. The molecule has 0 unspecified atom stereocenters. The summed E-state index contributed by atoms with van der Waals surface area (Å²) in [6.07, 6.45) is -1.40. The van der Waals surface area contributed by atoms with E-state index in [-0.39, 0.29) is 25.4 Å². The summed E-state index contributed by atoms with van der Waals surface area (Å²) in [5.74, 6) is -0.0896. The van der Waals surface area contributed by atoms with Gasteiger partial charge in [0.25, 0.3) is 0 Å². The summed E-state index contributed by atoms with van der Waals surface area (Å²) in [5, 5.41) is 25.6. The lowest BCUT2D eigenvalue weighted by atomic mass is 10.1. The first-order valence-corrected chi connectivity index (χ1v) is 5.63. The van der Waals surface area contributed by atoms with Gasteiger partial charge in [-0.25, -0.2) is 0 Å².